The Kier molecular flexibility index (Phi) is 9.86. The number of nitrogens with zero attached hydrogens (tertiary/aromatic N) is 4. The number of aliphatic hydroxyl groups excluding tert-OH is 1. The van der Waals surface area contributed by atoms with Gasteiger partial charge in [-0.2, -0.15) is 0 Å². The molecule has 4 aromatic carbocycles. The highest BCUT2D eigenvalue weighted by molar-refractivity contribution is 6.01. The van der Waals surface area contributed by atoms with Gasteiger partial charge in [-0.3, -0.25) is 4.79 Å². The van der Waals surface area contributed by atoms with E-state index in [1.54, 1.807) is 54.6 Å². The molecule has 0 saturated carbocycles. The summed E-state index contributed by atoms with van der Waals surface area (Å²) in [6.45, 7) is 0.667. The van der Waals surface area contributed by atoms with E-state index in [4.69, 9.17) is 19.6 Å². The summed E-state index contributed by atoms with van der Waals surface area (Å²) in [7, 11) is 0. The normalized spacial score (nSPS) is 17.2. The Balaban J connectivity index is 1.54. The van der Waals surface area contributed by atoms with Crippen molar-refractivity contribution in [3.63, 3.8) is 0 Å². The summed E-state index contributed by atoms with van der Waals surface area (Å²) in [5.74, 6) is 0.192. The summed E-state index contributed by atoms with van der Waals surface area (Å²) in [4.78, 5) is 22.3. The Bertz CT molecular complexity index is 1660. The summed E-state index contributed by atoms with van der Waals surface area (Å²) in [5, 5.41) is 15.9. The summed E-state index contributed by atoms with van der Waals surface area (Å²) in [6.07, 6.45) is 0.205. The summed E-state index contributed by atoms with van der Waals surface area (Å²) in [5.41, 5.74) is 10.9. The lowest BCUT2D eigenvalue weighted by Crippen LogP contribution is -2.50. The molecule has 0 bridgehead atoms. The van der Waals surface area contributed by atoms with Gasteiger partial charge in [0.15, 0.2) is 11.6 Å². The van der Waals surface area contributed by atoms with Crippen molar-refractivity contribution in [3.8, 4) is 5.75 Å². The van der Waals surface area contributed by atoms with E-state index in [9.17, 15) is 14.7 Å². The van der Waals surface area contributed by atoms with Crippen LogP contribution < -0.4 is 10.1 Å². The molecule has 44 heavy (non-hydrogen) atoms. The molecule has 2 atom stereocenters. The maximum Gasteiger partial charge on any atom is 0.252 e. The van der Waals surface area contributed by atoms with Gasteiger partial charge in [0.2, 0.25) is 5.90 Å². The molecule has 10 heteroatoms. The highest BCUT2D eigenvalue weighted by atomic mass is 19.1. The number of hydrogen-bond donors (Lipinski definition) is 2. The van der Waals surface area contributed by atoms with Crippen molar-refractivity contribution in [3.05, 3.63) is 142 Å². The van der Waals surface area contributed by atoms with Crippen LogP contribution in [0.15, 0.2) is 113 Å². The molecule has 4 aromatic rings. The molecule has 224 valence electrons. The van der Waals surface area contributed by atoms with Crippen molar-refractivity contribution >= 4 is 17.5 Å². The van der Waals surface area contributed by atoms with Gasteiger partial charge in [-0.15, -0.1) is 0 Å². The Labute approximate surface area is 254 Å². The number of aliphatic hydroxyl groups is 1. The molecule has 0 radical (unpaired) electrons. The minimum atomic E-state index is -1.48. The average molecular weight is 594 g/mol. The van der Waals surface area contributed by atoms with Crippen LogP contribution in [0.1, 0.15) is 34.8 Å². The average Bonchev–Trinajstić information content (AvgIpc) is 3.43. The fourth-order valence-electron chi connectivity index (χ4n) is 5.17. The second-order valence-corrected chi connectivity index (χ2v) is 10.3. The first-order chi connectivity index (χ1) is 21.5. The van der Waals surface area contributed by atoms with Crippen LogP contribution in [-0.2, 0) is 22.4 Å². The lowest BCUT2D eigenvalue weighted by Gasteiger charge is -2.31. The fraction of sp³-hybridized carbons (Fsp3) is 0.235. The van der Waals surface area contributed by atoms with Crippen molar-refractivity contribution in [2.45, 2.75) is 30.9 Å². The van der Waals surface area contributed by atoms with Gasteiger partial charge in [-0.25, -0.2) is 9.38 Å². The maximum atomic E-state index is 14.3. The summed E-state index contributed by atoms with van der Waals surface area (Å²) in [6, 6.07) is 29.9. The number of carbonyl (C=O) groups excluding carboxylic acids is 1. The molecule has 0 fully saturated rings. The van der Waals surface area contributed by atoms with Crippen LogP contribution in [0.3, 0.4) is 0 Å². The third-order valence-corrected chi connectivity index (χ3v) is 7.32. The first kappa shape index (κ1) is 30.3. The van der Waals surface area contributed by atoms with Crippen molar-refractivity contribution in [1.29, 1.82) is 0 Å². The number of rotatable bonds is 13. The molecule has 1 amide bonds. The van der Waals surface area contributed by atoms with E-state index in [0.29, 0.717) is 42.0 Å². The number of azide groups is 1. The van der Waals surface area contributed by atoms with Crippen LogP contribution in [0.25, 0.3) is 10.4 Å². The Morgan fingerprint density at radius 1 is 1.05 bits per heavy atom. The maximum absolute atomic E-state index is 14.3. The van der Waals surface area contributed by atoms with Gasteiger partial charge in [-0.1, -0.05) is 71.8 Å². The first-order valence-electron chi connectivity index (χ1n) is 14.3. The van der Waals surface area contributed by atoms with E-state index >= 15 is 0 Å². The minimum Gasteiger partial charge on any atom is -0.494 e. The van der Waals surface area contributed by atoms with E-state index in [1.807, 2.05) is 36.4 Å². The SMILES string of the molecule is [N-]=[N+]=Nc1ccccc1C[C@@]1(C(=O)NCCc2cccc(F)c2)N=C(c2ccc(OCCCO)cc2)O[C@@H]1c1ccccc1. The van der Waals surface area contributed by atoms with Crippen LogP contribution in [-0.4, -0.2) is 42.2 Å². The van der Waals surface area contributed by atoms with Crippen LogP contribution in [0, 0.1) is 5.82 Å². The highest BCUT2D eigenvalue weighted by Gasteiger charge is 2.53. The van der Waals surface area contributed by atoms with Gasteiger partial charge >= 0.3 is 0 Å². The van der Waals surface area contributed by atoms with Crippen molar-refractivity contribution in [1.82, 2.24) is 5.32 Å². The van der Waals surface area contributed by atoms with Gasteiger partial charge in [0.25, 0.3) is 5.91 Å². The van der Waals surface area contributed by atoms with Crippen LogP contribution in [0.5, 0.6) is 5.75 Å². The lowest BCUT2D eigenvalue weighted by atomic mass is 9.81. The second kappa shape index (κ2) is 14.3. The number of halogens is 1. The highest BCUT2D eigenvalue weighted by Crippen LogP contribution is 2.43. The quantitative estimate of drug-likeness (QED) is 0.0806. The van der Waals surface area contributed by atoms with Crippen LogP contribution in [0.4, 0.5) is 10.1 Å². The minimum absolute atomic E-state index is 0.0405. The molecule has 0 saturated heterocycles. The fourth-order valence-corrected chi connectivity index (χ4v) is 5.17. The molecule has 0 aromatic heterocycles. The van der Waals surface area contributed by atoms with Crippen molar-refractivity contribution in [2.24, 2.45) is 10.1 Å². The zero-order valence-electron chi connectivity index (χ0n) is 24.0. The van der Waals surface area contributed by atoms with Gasteiger partial charge in [0.05, 0.1) is 6.61 Å². The molecule has 5 rings (SSSR count). The van der Waals surface area contributed by atoms with E-state index < -0.39 is 11.6 Å². The molecule has 1 aliphatic heterocycles. The Morgan fingerprint density at radius 2 is 1.82 bits per heavy atom. The number of amides is 1. The standard InChI is InChI=1S/C34H32FN5O4/c35-28-12-6-8-24(22-28)18-19-37-33(42)34(23-27-11-4-5-13-30(27)39-40-36)31(25-9-2-1-3-10-25)44-32(38-34)26-14-16-29(17-15-26)43-21-7-20-41/h1-6,8-17,22,31,41H,7,18-21,23H2,(H,37,42)/t31-,34-/m1/s1. The van der Waals surface area contributed by atoms with Crippen molar-refractivity contribution in [2.75, 3.05) is 19.8 Å². The first-order valence-corrected chi connectivity index (χ1v) is 14.3. The monoisotopic (exact) mass is 593 g/mol. The molecule has 1 aliphatic rings. The van der Waals surface area contributed by atoms with Gasteiger partial charge < -0.3 is 19.9 Å². The number of benzene rings is 4. The predicted octanol–water partition coefficient (Wildman–Crippen LogP) is 6.39. The number of carbonyl (C=O) groups is 1. The third-order valence-electron chi connectivity index (χ3n) is 7.32. The van der Waals surface area contributed by atoms with E-state index in [1.165, 1.54) is 12.1 Å². The number of nitrogens with one attached hydrogen (secondary N) is 1. The number of ether oxygens (including phenoxy) is 2. The molecule has 1 heterocycles. The van der Waals surface area contributed by atoms with Crippen molar-refractivity contribution < 1.29 is 23.8 Å². The smallest absolute Gasteiger partial charge is 0.252 e. The summed E-state index contributed by atoms with van der Waals surface area (Å²) >= 11 is 0. The van der Waals surface area contributed by atoms with E-state index in [0.717, 1.165) is 11.1 Å². The molecule has 9 nitrogen and oxygen atoms in total. The number of hydrogen-bond acceptors (Lipinski definition) is 6. The molecule has 0 spiro atoms. The van der Waals surface area contributed by atoms with E-state index in [-0.39, 0.29) is 37.2 Å². The topological polar surface area (TPSA) is 129 Å². The Hall–Kier alpha value is -5.18. The van der Waals surface area contributed by atoms with Gasteiger partial charge in [0, 0.05) is 42.2 Å². The van der Waals surface area contributed by atoms with E-state index in [2.05, 4.69) is 15.3 Å². The zero-order valence-corrected chi connectivity index (χ0v) is 24.0. The molecular formula is C34H32FN5O4. The number of aliphatic imine (C=N–C) groups is 1. The third kappa shape index (κ3) is 7.06. The molecule has 0 unspecified atom stereocenters. The summed E-state index contributed by atoms with van der Waals surface area (Å²) < 4.78 is 26.0. The molecule has 0 aliphatic carbocycles. The zero-order chi connectivity index (χ0) is 30.8. The second-order valence-electron chi connectivity index (χ2n) is 10.3. The van der Waals surface area contributed by atoms with Crippen LogP contribution in [0.2, 0.25) is 0 Å². The Morgan fingerprint density at radius 3 is 2.57 bits per heavy atom. The van der Waals surface area contributed by atoms with Crippen LogP contribution >= 0.6 is 0 Å². The lowest BCUT2D eigenvalue weighted by molar-refractivity contribution is -0.128. The largest absolute Gasteiger partial charge is 0.494 e. The van der Waals surface area contributed by atoms with Gasteiger partial charge in [-0.05, 0) is 65.0 Å². The molecular weight excluding hydrogens is 561 g/mol. The van der Waals surface area contributed by atoms with Gasteiger partial charge in [0.1, 0.15) is 11.6 Å². The molecule has 2 N–H and O–H groups in total. The predicted molar refractivity (Wildman–Crippen MR) is 165 cm³/mol.